The van der Waals surface area contributed by atoms with Crippen molar-refractivity contribution in [1.29, 1.82) is 0 Å². The van der Waals surface area contributed by atoms with E-state index in [0.717, 1.165) is 22.8 Å². The quantitative estimate of drug-likeness (QED) is 0.476. The lowest BCUT2D eigenvalue weighted by Crippen LogP contribution is -2.37. The number of hydrogen-bond acceptors (Lipinski definition) is 4. The van der Waals surface area contributed by atoms with Crippen LogP contribution in [0.15, 0.2) is 66.7 Å². The summed E-state index contributed by atoms with van der Waals surface area (Å²) in [6.07, 6.45) is 0.826. The van der Waals surface area contributed by atoms with Gasteiger partial charge >= 0.3 is 10.1 Å². The van der Waals surface area contributed by atoms with Crippen molar-refractivity contribution in [2.45, 2.75) is 39.8 Å². The Bertz CT molecular complexity index is 1120. The highest BCUT2D eigenvalue weighted by atomic mass is 32.2. The molecule has 0 radical (unpaired) electrons. The minimum absolute atomic E-state index is 0.0185. The van der Waals surface area contributed by atoms with Crippen LogP contribution in [0.4, 0.5) is 0 Å². The fourth-order valence-electron chi connectivity index (χ4n) is 3.27. The summed E-state index contributed by atoms with van der Waals surface area (Å²) in [7, 11) is -3.56. The van der Waals surface area contributed by atoms with E-state index >= 15 is 0 Å². The van der Waals surface area contributed by atoms with Crippen LogP contribution in [-0.4, -0.2) is 31.0 Å². The van der Waals surface area contributed by atoms with Crippen molar-refractivity contribution in [3.8, 4) is 5.75 Å². The largest absolute Gasteiger partial charge is 0.382 e. The molecule has 0 saturated heterocycles. The Hall–Kier alpha value is -2.86. The Morgan fingerprint density at radius 3 is 2.30 bits per heavy atom. The van der Waals surface area contributed by atoms with Gasteiger partial charge in [-0.15, -0.1) is 0 Å². The molecule has 1 atom stereocenters. The molecule has 0 bridgehead atoms. The van der Waals surface area contributed by atoms with E-state index in [1.807, 2.05) is 54.3 Å². The number of amides is 1. The van der Waals surface area contributed by atoms with E-state index in [-0.39, 0.29) is 23.5 Å². The summed E-state index contributed by atoms with van der Waals surface area (Å²) in [5.41, 5.74) is 1.59. The first-order valence-corrected chi connectivity index (χ1v) is 11.7. The van der Waals surface area contributed by atoms with Crippen LogP contribution in [0.5, 0.6) is 5.75 Å². The van der Waals surface area contributed by atoms with E-state index in [4.69, 9.17) is 4.18 Å². The third kappa shape index (κ3) is 5.00. The van der Waals surface area contributed by atoms with Gasteiger partial charge in [-0.2, -0.15) is 8.42 Å². The highest BCUT2D eigenvalue weighted by Gasteiger charge is 2.22. The summed E-state index contributed by atoms with van der Waals surface area (Å²) in [5.74, 6) is 0.168. The first-order valence-electron chi connectivity index (χ1n) is 10.1. The molecule has 3 aromatic carbocycles. The van der Waals surface area contributed by atoms with Gasteiger partial charge in [0.1, 0.15) is 5.75 Å². The van der Waals surface area contributed by atoms with Crippen LogP contribution in [0, 0.1) is 0 Å². The van der Waals surface area contributed by atoms with Crippen LogP contribution in [-0.2, 0) is 16.7 Å². The first-order chi connectivity index (χ1) is 14.3. The Morgan fingerprint density at radius 1 is 0.967 bits per heavy atom. The van der Waals surface area contributed by atoms with Crippen LogP contribution in [0.25, 0.3) is 10.8 Å². The van der Waals surface area contributed by atoms with Gasteiger partial charge in [-0.25, -0.2) is 0 Å². The van der Waals surface area contributed by atoms with E-state index in [1.54, 1.807) is 24.3 Å². The molecule has 0 aliphatic heterocycles. The van der Waals surface area contributed by atoms with Crippen molar-refractivity contribution in [2.75, 3.05) is 5.75 Å². The molecule has 0 spiro atoms. The van der Waals surface area contributed by atoms with Gasteiger partial charge in [0.25, 0.3) is 5.91 Å². The van der Waals surface area contributed by atoms with Gasteiger partial charge in [0, 0.05) is 18.2 Å². The predicted octanol–water partition coefficient (Wildman–Crippen LogP) is 5.01. The average molecular weight is 426 g/mol. The Balaban J connectivity index is 1.87. The van der Waals surface area contributed by atoms with Crippen molar-refractivity contribution in [3.63, 3.8) is 0 Å². The number of nitrogens with zero attached hydrogens (tertiary/aromatic N) is 1. The van der Waals surface area contributed by atoms with Gasteiger partial charge in [0.05, 0.1) is 5.75 Å². The number of benzene rings is 3. The maximum absolute atomic E-state index is 13.5. The Morgan fingerprint density at radius 2 is 1.63 bits per heavy atom. The van der Waals surface area contributed by atoms with Crippen LogP contribution in [0.2, 0.25) is 0 Å². The molecule has 0 fully saturated rings. The van der Waals surface area contributed by atoms with Crippen molar-refractivity contribution >= 4 is 26.8 Å². The minimum Gasteiger partial charge on any atom is -0.382 e. The van der Waals surface area contributed by atoms with Gasteiger partial charge in [-0.1, -0.05) is 55.5 Å². The van der Waals surface area contributed by atoms with Crippen molar-refractivity contribution in [3.05, 3.63) is 77.9 Å². The normalized spacial score (nSPS) is 12.5. The molecule has 0 heterocycles. The fourth-order valence-corrected chi connectivity index (χ4v) is 3.79. The first kappa shape index (κ1) is 21.8. The van der Waals surface area contributed by atoms with Gasteiger partial charge in [0.2, 0.25) is 0 Å². The van der Waals surface area contributed by atoms with E-state index < -0.39 is 10.1 Å². The van der Waals surface area contributed by atoms with Crippen LogP contribution in [0.3, 0.4) is 0 Å². The predicted molar refractivity (Wildman–Crippen MR) is 120 cm³/mol. The summed E-state index contributed by atoms with van der Waals surface area (Å²) in [6.45, 7) is 6.05. The third-order valence-electron chi connectivity index (χ3n) is 5.26. The lowest BCUT2D eigenvalue weighted by atomic mass is 10.0. The second-order valence-corrected chi connectivity index (χ2v) is 9.15. The van der Waals surface area contributed by atoms with Gasteiger partial charge in [-0.05, 0) is 54.8 Å². The topological polar surface area (TPSA) is 63.7 Å². The van der Waals surface area contributed by atoms with Crippen molar-refractivity contribution in [1.82, 2.24) is 4.90 Å². The molecule has 3 aromatic rings. The lowest BCUT2D eigenvalue weighted by molar-refractivity contribution is 0.0673. The summed E-state index contributed by atoms with van der Waals surface area (Å²) < 4.78 is 28.3. The lowest BCUT2D eigenvalue weighted by Gasteiger charge is -2.29. The van der Waals surface area contributed by atoms with Gasteiger partial charge in [-0.3, -0.25) is 4.79 Å². The van der Waals surface area contributed by atoms with Gasteiger partial charge < -0.3 is 9.08 Å². The minimum atomic E-state index is -3.56. The van der Waals surface area contributed by atoms with Gasteiger partial charge in [0.15, 0.2) is 0 Å². The average Bonchev–Trinajstić information content (AvgIpc) is 2.77. The molecule has 158 valence electrons. The highest BCUT2D eigenvalue weighted by Crippen LogP contribution is 2.23. The molecule has 0 aliphatic carbocycles. The molecule has 0 aromatic heterocycles. The maximum atomic E-state index is 13.5. The smallest absolute Gasteiger partial charge is 0.308 e. The Kier molecular flexibility index (Phi) is 6.77. The molecule has 0 aliphatic rings. The summed E-state index contributed by atoms with van der Waals surface area (Å²) >= 11 is 0. The molecule has 0 saturated carbocycles. The molecular weight excluding hydrogens is 398 g/mol. The standard InChI is InChI=1S/C24H27NO4S/c1-4-18(3)25(17-19-13-15-21(16-14-19)29-30(27,28)5-2)24(26)23-12-8-10-20-9-6-7-11-22(20)23/h6-16,18H,4-5,17H2,1-3H3/t18-/m0/s1. The molecule has 5 nitrogen and oxygen atoms in total. The monoisotopic (exact) mass is 425 g/mol. The van der Waals surface area contributed by atoms with E-state index in [2.05, 4.69) is 6.92 Å². The maximum Gasteiger partial charge on any atom is 0.308 e. The SMILES string of the molecule is CC[C@H](C)N(Cc1ccc(OS(=O)(=O)CC)cc1)C(=O)c1cccc2ccccc12. The van der Waals surface area contributed by atoms with E-state index in [1.165, 1.54) is 6.92 Å². The molecule has 6 heteroatoms. The third-order valence-corrected chi connectivity index (χ3v) is 6.41. The zero-order valence-electron chi connectivity index (χ0n) is 17.5. The van der Waals surface area contributed by atoms with Crippen molar-refractivity contribution < 1.29 is 17.4 Å². The summed E-state index contributed by atoms with van der Waals surface area (Å²) in [4.78, 5) is 15.3. The van der Waals surface area contributed by atoms with E-state index in [9.17, 15) is 13.2 Å². The number of carbonyl (C=O) groups is 1. The second-order valence-electron chi connectivity index (χ2n) is 7.29. The molecule has 1 amide bonds. The second kappa shape index (κ2) is 9.30. The van der Waals surface area contributed by atoms with Crippen LogP contribution < -0.4 is 4.18 Å². The fraction of sp³-hybridized carbons (Fsp3) is 0.292. The zero-order valence-corrected chi connectivity index (χ0v) is 18.4. The molecule has 30 heavy (non-hydrogen) atoms. The summed E-state index contributed by atoms with van der Waals surface area (Å²) in [5, 5.41) is 1.97. The van der Waals surface area contributed by atoms with Crippen molar-refractivity contribution in [2.24, 2.45) is 0 Å². The number of carbonyl (C=O) groups excluding carboxylic acids is 1. The molecular formula is C24H27NO4S. The zero-order chi connectivity index (χ0) is 21.7. The summed E-state index contributed by atoms with van der Waals surface area (Å²) in [6, 6.07) is 20.5. The number of hydrogen-bond donors (Lipinski definition) is 0. The van der Waals surface area contributed by atoms with Crippen LogP contribution in [0.1, 0.15) is 43.1 Å². The Labute approximate surface area is 178 Å². The molecule has 0 N–H and O–H groups in total. The van der Waals surface area contributed by atoms with E-state index in [0.29, 0.717) is 12.1 Å². The number of fused-ring (bicyclic) bond motifs is 1. The highest BCUT2D eigenvalue weighted by molar-refractivity contribution is 7.87. The van der Waals surface area contributed by atoms with Crippen LogP contribution >= 0.6 is 0 Å². The molecule has 0 unspecified atom stereocenters. The molecule has 3 rings (SSSR count). The number of rotatable bonds is 8.